The molecule has 1 aliphatic rings. The molecule has 0 radical (unpaired) electrons. The average molecular weight is 480 g/mol. The van der Waals surface area contributed by atoms with E-state index < -0.39 is 10.0 Å². The minimum Gasteiger partial charge on any atom is -0.383 e. The van der Waals surface area contributed by atoms with Crippen molar-refractivity contribution in [1.29, 1.82) is 0 Å². The quantitative estimate of drug-likeness (QED) is 0.566. The van der Waals surface area contributed by atoms with Crippen molar-refractivity contribution in [3.8, 4) is 0 Å². The number of methoxy groups -OCH3 is 1. The molecule has 3 rings (SSSR count). The minimum absolute atomic E-state index is 0.0667. The van der Waals surface area contributed by atoms with Gasteiger partial charge in [-0.3, -0.25) is 14.3 Å². The maximum atomic E-state index is 13.0. The number of nitrogens with one attached hydrogen (secondary N) is 2. The molecule has 32 heavy (non-hydrogen) atoms. The predicted molar refractivity (Wildman–Crippen MR) is 122 cm³/mol. The summed E-state index contributed by atoms with van der Waals surface area (Å²) in [4.78, 5) is 27.1. The van der Waals surface area contributed by atoms with Gasteiger partial charge in [0, 0.05) is 43.0 Å². The lowest BCUT2D eigenvalue weighted by Gasteiger charge is -2.32. The maximum absolute atomic E-state index is 13.0. The Morgan fingerprint density at radius 2 is 1.94 bits per heavy atom. The molecule has 1 saturated heterocycles. The van der Waals surface area contributed by atoms with Gasteiger partial charge in [0.05, 0.1) is 17.4 Å². The third-order valence-electron chi connectivity index (χ3n) is 5.17. The van der Waals surface area contributed by atoms with E-state index in [-0.39, 0.29) is 28.3 Å². The number of amides is 2. The van der Waals surface area contributed by atoms with E-state index in [0.29, 0.717) is 43.2 Å². The molecular weight excluding hydrogens is 454 g/mol. The number of carbonyl (C=O) groups excluding carboxylic acids is 2. The SMILES string of the molecule is COCCNC(=O)[C@@H]1CCCN(C(=O)c2cccc(NS(=O)(=O)c3ccc(Cl)cc3)c2)C1. The van der Waals surface area contributed by atoms with E-state index in [1.165, 1.54) is 30.3 Å². The predicted octanol–water partition coefficient (Wildman–Crippen LogP) is 2.76. The molecule has 10 heteroatoms. The monoisotopic (exact) mass is 479 g/mol. The average Bonchev–Trinajstić information content (AvgIpc) is 2.79. The Morgan fingerprint density at radius 1 is 1.19 bits per heavy atom. The molecule has 2 aromatic carbocycles. The largest absolute Gasteiger partial charge is 0.383 e. The minimum atomic E-state index is -3.83. The molecule has 1 fully saturated rings. The third kappa shape index (κ3) is 6.21. The van der Waals surface area contributed by atoms with Gasteiger partial charge < -0.3 is 15.0 Å². The highest BCUT2D eigenvalue weighted by atomic mass is 35.5. The van der Waals surface area contributed by atoms with Gasteiger partial charge in [-0.05, 0) is 55.3 Å². The molecule has 0 bridgehead atoms. The fourth-order valence-corrected chi connectivity index (χ4v) is 4.70. The Balaban J connectivity index is 1.68. The number of carbonyl (C=O) groups is 2. The molecule has 1 aliphatic heterocycles. The fraction of sp³-hybridized carbons (Fsp3) is 0.364. The Hall–Kier alpha value is -2.62. The smallest absolute Gasteiger partial charge is 0.261 e. The lowest BCUT2D eigenvalue weighted by atomic mass is 9.96. The number of sulfonamides is 1. The van der Waals surface area contributed by atoms with Crippen molar-refractivity contribution < 1.29 is 22.7 Å². The molecule has 0 spiro atoms. The first-order valence-electron chi connectivity index (χ1n) is 10.2. The number of nitrogens with zero attached hydrogens (tertiary/aromatic N) is 1. The molecule has 1 heterocycles. The van der Waals surface area contributed by atoms with E-state index in [1.807, 2.05) is 0 Å². The van der Waals surface area contributed by atoms with Crippen LogP contribution in [0.5, 0.6) is 0 Å². The first-order valence-corrected chi connectivity index (χ1v) is 12.1. The van der Waals surface area contributed by atoms with Crippen LogP contribution in [0.3, 0.4) is 0 Å². The molecular formula is C22H26ClN3O5S. The van der Waals surface area contributed by atoms with Crippen molar-refractivity contribution in [2.24, 2.45) is 5.92 Å². The summed E-state index contributed by atoms with van der Waals surface area (Å²) in [5.74, 6) is -0.618. The van der Waals surface area contributed by atoms with Crippen LogP contribution in [-0.2, 0) is 19.6 Å². The Bertz CT molecular complexity index is 1060. The van der Waals surface area contributed by atoms with E-state index in [1.54, 1.807) is 30.2 Å². The van der Waals surface area contributed by atoms with Crippen molar-refractivity contribution in [3.05, 3.63) is 59.1 Å². The summed E-state index contributed by atoms with van der Waals surface area (Å²) in [5, 5.41) is 3.25. The highest BCUT2D eigenvalue weighted by Crippen LogP contribution is 2.22. The highest BCUT2D eigenvalue weighted by molar-refractivity contribution is 7.92. The van der Waals surface area contributed by atoms with Gasteiger partial charge in [0.15, 0.2) is 0 Å². The zero-order valence-corrected chi connectivity index (χ0v) is 19.3. The number of rotatable bonds is 8. The molecule has 0 aromatic heterocycles. The second kappa shape index (κ2) is 10.8. The molecule has 2 amide bonds. The molecule has 0 aliphatic carbocycles. The summed E-state index contributed by atoms with van der Waals surface area (Å²) in [6, 6.07) is 12.1. The van der Waals surface area contributed by atoms with Crippen molar-refractivity contribution in [2.75, 3.05) is 38.1 Å². The number of hydrogen-bond acceptors (Lipinski definition) is 5. The van der Waals surface area contributed by atoms with Gasteiger partial charge in [-0.15, -0.1) is 0 Å². The van der Waals surface area contributed by atoms with Crippen LogP contribution in [0.15, 0.2) is 53.4 Å². The van der Waals surface area contributed by atoms with Crippen molar-refractivity contribution in [1.82, 2.24) is 10.2 Å². The van der Waals surface area contributed by atoms with Crippen LogP contribution in [-0.4, -0.2) is 58.5 Å². The van der Waals surface area contributed by atoms with Crippen LogP contribution in [0.1, 0.15) is 23.2 Å². The molecule has 172 valence electrons. The second-order valence-corrected chi connectivity index (χ2v) is 9.63. The van der Waals surface area contributed by atoms with Crippen LogP contribution in [0, 0.1) is 5.92 Å². The molecule has 0 unspecified atom stereocenters. The maximum Gasteiger partial charge on any atom is 0.261 e. The Labute approximate surface area is 192 Å². The Morgan fingerprint density at radius 3 is 2.66 bits per heavy atom. The van der Waals surface area contributed by atoms with E-state index in [4.69, 9.17) is 16.3 Å². The topological polar surface area (TPSA) is 105 Å². The lowest BCUT2D eigenvalue weighted by Crippen LogP contribution is -2.45. The van der Waals surface area contributed by atoms with Crippen molar-refractivity contribution >= 4 is 39.1 Å². The van der Waals surface area contributed by atoms with Gasteiger partial charge in [-0.25, -0.2) is 8.42 Å². The summed E-state index contributed by atoms with van der Waals surface area (Å²) >= 11 is 5.82. The van der Waals surface area contributed by atoms with Crippen molar-refractivity contribution in [3.63, 3.8) is 0 Å². The number of hydrogen-bond donors (Lipinski definition) is 2. The van der Waals surface area contributed by atoms with Gasteiger partial charge in [0.1, 0.15) is 0 Å². The van der Waals surface area contributed by atoms with E-state index >= 15 is 0 Å². The zero-order valence-electron chi connectivity index (χ0n) is 17.7. The highest BCUT2D eigenvalue weighted by Gasteiger charge is 2.29. The van der Waals surface area contributed by atoms with Gasteiger partial charge in [-0.2, -0.15) is 0 Å². The molecule has 1 atom stereocenters. The van der Waals surface area contributed by atoms with Crippen LogP contribution in [0.2, 0.25) is 5.02 Å². The molecule has 2 aromatic rings. The van der Waals surface area contributed by atoms with E-state index in [9.17, 15) is 18.0 Å². The van der Waals surface area contributed by atoms with E-state index in [0.717, 1.165) is 6.42 Å². The summed E-state index contributed by atoms with van der Waals surface area (Å²) in [7, 11) is -2.26. The van der Waals surface area contributed by atoms with Crippen molar-refractivity contribution in [2.45, 2.75) is 17.7 Å². The number of anilines is 1. The molecule has 2 N–H and O–H groups in total. The second-order valence-electron chi connectivity index (χ2n) is 7.51. The standard InChI is InChI=1S/C22H26ClN3O5S/c1-31-13-11-24-21(27)17-5-3-12-26(15-17)22(28)16-4-2-6-19(14-16)25-32(29,30)20-9-7-18(23)8-10-20/h2,4,6-10,14,17,25H,3,5,11-13,15H2,1H3,(H,24,27)/t17-/m1/s1. The summed E-state index contributed by atoms with van der Waals surface area (Å²) < 4.78 is 32.7. The first-order chi connectivity index (χ1) is 15.3. The third-order valence-corrected chi connectivity index (χ3v) is 6.82. The lowest BCUT2D eigenvalue weighted by molar-refractivity contribution is -0.126. The number of benzene rings is 2. The first kappa shape index (κ1) is 24.0. The van der Waals surface area contributed by atoms with Crippen LogP contribution in [0.25, 0.3) is 0 Å². The number of ether oxygens (including phenoxy) is 1. The summed E-state index contributed by atoms with van der Waals surface area (Å²) in [6.07, 6.45) is 1.43. The van der Waals surface area contributed by atoms with Crippen LogP contribution < -0.4 is 10.0 Å². The van der Waals surface area contributed by atoms with Crippen LogP contribution in [0.4, 0.5) is 5.69 Å². The van der Waals surface area contributed by atoms with Gasteiger partial charge in [-0.1, -0.05) is 17.7 Å². The molecule has 8 nitrogen and oxygen atoms in total. The Kier molecular flexibility index (Phi) is 8.11. The van der Waals surface area contributed by atoms with Crippen LogP contribution >= 0.6 is 11.6 Å². The van der Waals surface area contributed by atoms with Gasteiger partial charge in [0.25, 0.3) is 15.9 Å². The molecule has 0 saturated carbocycles. The van der Waals surface area contributed by atoms with Gasteiger partial charge >= 0.3 is 0 Å². The normalized spacial score (nSPS) is 16.4. The van der Waals surface area contributed by atoms with Gasteiger partial charge in [0.2, 0.25) is 5.91 Å². The number of likely N-dealkylation sites (tertiary alicyclic amines) is 1. The zero-order chi connectivity index (χ0) is 23.1. The summed E-state index contributed by atoms with van der Waals surface area (Å²) in [6.45, 7) is 1.72. The fourth-order valence-electron chi connectivity index (χ4n) is 3.52. The number of halogens is 1. The summed E-state index contributed by atoms with van der Waals surface area (Å²) in [5.41, 5.74) is 0.624. The van der Waals surface area contributed by atoms with E-state index in [2.05, 4.69) is 10.0 Å². The number of piperidine rings is 1.